The molecular formula is C14H9NO5. The van der Waals surface area contributed by atoms with Gasteiger partial charge >= 0.3 is 5.88 Å². The highest BCUT2D eigenvalue weighted by molar-refractivity contribution is 6.14. The van der Waals surface area contributed by atoms with Crippen molar-refractivity contribution in [3.05, 3.63) is 63.1 Å². The molecule has 0 fully saturated rings. The van der Waals surface area contributed by atoms with Crippen LogP contribution in [-0.2, 0) is 0 Å². The van der Waals surface area contributed by atoms with Crippen molar-refractivity contribution < 1.29 is 18.9 Å². The van der Waals surface area contributed by atoms with Gasteiger partial charge in [0.1, 0.15) is 16.4 Å². The number of fused-ring (bicyclic) bond motifs is 1. The Labute approximate surface area is 113 Å². The van der Waals surface area contributed by atoms with Crippen LogP contribution in [0.4, 0.5) is 5.88 Å². The van der Waals surface area contributed by atoms with E-state index in [0.29, 0.717) is 11.3 Å². The second-order valence-electron chi connectivity index (χ2n) is 4.37. The third-order valence-corrected chi connectivity index (χ3v) is 2.89. The number of furan rings is 1. The average Bonchev–Trinajstić information content (AvgIpc) is 2.98. The zero-order valence-corrected chi connectivity index (χ0v) is 10.5. The average molecular weight is 271 g/mol. The molecule has 0 saturated carbocycles. The van der Waals surface area contributed by atoms with E-state index in [-0.39, 0.29) is 23.2 Å². The monoisotopic (exact) mass is 271 g/mol. The first kappa shape index (κ1) is 12.2. The first-order chi connectivity index (χ1) is 9.54. The molecule has 6 nitrogen and oxygen atoms in total. The SMILES string of the molecule is Cc1ccc2c(c1)C(=O)/C(=C/c1ccc([N+](=O)[O-])o1)O2. The van der Waals surface area contributed by atoms with E-state index in [2.05, 4.69) is 0 Å². The maximum absolute atomic E-state index is 12.1. The van der Waals surface area contributed by atoms with Crippen molar-refractivity contribution in [2.45, 2.75) is 6.92 Å². The predicted molar refractivity (Wildman–Crippen MR) is 69.5 cm³/mol. The summed E-state index contributed by atoms with van der Waals surface area (Å²) in [4.78, 5) is 22.0. The number of benzene rings is 1. The van der Waals surface area contributed by atoms with Crippen LogP contribution in [0.2, 0.25) is 0 Å². The van der Waals surface area contributed by atoms with Gasteiger partial charge in [-0.15, -0.1) is 0 Å². The van der Waals surface area contributed by atoms with Gasteiger partial charge in [-0.25, -0.2) is 0 Å². The minimum atomic E-state index is -0.641. The van der Waals surface area contributed by atoms with Crippen LogP contribution in [0.5, 0.6) is 5.75 Å². The van der Waals surface area contributed by atoms with Crippen LogP contribution < -0.4 is 4.74 Å². The van der Waals surface area contributed by atoms with Gasteiger partial charge in [0.15, 0.2) is 5.76 Å². The standard InChI is InChI=1S/C14H9NO5/c1-8-2-4-11-10(6-8)14(16)12(20-11)7-9-3-5-13(19-9)15(17)18/h2-7H,1H3/b12-7-. The predicted octanol–water partition coefficient (Wildman–Crippen LogP) is 3.11. The summed E-state index contributed by atoms with van der Waals surface area (Å²) in [7, 11) is 0. The Bertz CT molecular complexity index is 757. The third-order valence-electron chi connectivity index (χ3n) is 2.89. The second-order valence-corrected chi connectivity index (χ2v) is 4.37. The van der Waals surface area contributed by atoms with Crippen molar-refractivity contribution in [1.29, 1.82) is 0 Å². The fourth-order valence-electron chi connectivity index (χ4n) is 1.95. The lowest BCUT2D eigenvalue weighted by atomic mass is 10.1. The fourth-order valence-corrected chi connectivity index (χ4v) is 1.95. The lowest BCUT2D eigenvalue weighted by Crippen LogP contribution is -1.97. The molecule has 1 aromatic carbocycles. The minimum absolute atomic E-state index is 0.0925. The number of nitro groups is 1. The molecule has 0 spiro atoms. The van der Waals surface area contributed by atoms with Gasteiger partial charge in [-0.05, 0) is 25.1 Å². The summed E-state index contributed by atoms with van der Waals surface area (Å²) in [5, 5.41) is 10.5. The molecule has 1 aromatic heterocycles. The van der Waals surface area contributed by atoms with Gasteiger partial charge in [-0.3, -0.25) is 14.9 Å². The Kier molecular flexibility index (Phi) is 2.64. The molecule has 0 amide bonds. The molecule has 0 atom stereocenters. The van der Waals surface area contributed by atoms with E-state index >= 15 is 0 Å². The molecule has 0 unspecified atom stereocenters. The Balaban J connectivity index is 1.94. The molecule has 0 saturated heterocycles. The van der Waals surface area contributed by atoms with Crippen molar-refractivity contribution in [2.24, 2.45) is 0 Å². The summed E-state index contributed by atoms with van der Waals surface area (Å²) in [6.07, 6.45) is 1.35. The van der Waals surface area contributed by atoms with Crippen LogP contribution in [0.1, 0.15) is 21.7 Å². The maximum atomic E-state index is 12.1. The Morgan fingerprint density at radius 2 is 2.05 bits per heavy atom. The van der Waals surface area contributed by atoms with E-state index in [0.717, 1.165) is 5.56 Å². The van der Waals surface area contributed by atoms with Gasteiger partial charge in [0.25, 0.3) is 0 Å². The summed E-state index contributed by atoms with van der Waals surface area (Å²) >= 11 is 0. The summed E-state index contributed by atoms with van der Waals surface area (Å²) in [6.45, 7) is 1.88. The van der Waals surface area contributed by atoms with E-state index < -0.39 is 4.92 Å². The number of nitrogens with zero attached hydrogens (tertiary/aromatic N) is 1. The molecule has 2 aromatic rings. The number of carbonyl (C=O) groups excluding carboxylic acids is 1. The highest BCUT2D eigenvalue weighted by Gasteiger charge is 2.27. The molecular weight excluding hydrogens is 262 g/mol. The summed E-state index contributed by atoms with van der Waals surface area (Å²) in [6, 6.07) is 7.93. The molecule has 2 heterocycles. The Hall–Kier alpha value is -2.89. The van der Waals surface area contributed by atoms with Crippen LogP contribution in [0.3, 0.4) is 0 Å². The first-order valence-electron chi connectivity index (χ1n) is 5.84. The number of hydrogen-bond donors (Lipinski definition) is 0. The largest absolute Gasteiger partial charge is 0.452 e. The van der Waals surface area contributed by atoms with E-state index in [1.54, 1.807) is 12.1 Å². The summed E-state index contributed by atoms with van der Waals surface area (Å²) in [5.74, 6) is 0.130. The molecule has 100 valence electrons. The molecule has 1 aliphatic heterocycles. The molecule has 0 radical (unpaired) electrons. The maximum Gasteiger partial charge on any atom is 0.433 e. The molecule has 1 aliphatic rings. The van der Waals surface area contributed by atoms with E-state index in [9.17, 15) is 14.9 Å². The topological polar surface area (TPSA) is 82.6 Å². The van der Waals surface area contributed by atoms with Gasteiger partial charge in [-0.2, -0.15) is 0 Å². The number of ether oxygens (including phenoxy) is 1. The lowest BCUT2D eigenvalue weighted by molar-refractivity contribution is -0.402. The number of aryl methyl sites for hydroxylation is 1. The van der Waals surface area contributed by atoms with Crippen LogP contribution in [0, 0.1) is 17.0 Å². The summed E-state index contributed by atoms with van der Waals surface area (Å²) in [5.41, 5.74) is 1.44. The lowest BCUT2D eigenvalue weighted by Gasteiger charge is -1.97. The molecule has 0 bridgehead atoms. The molecule has 6 heteroatoms. The number of allylic oxidation sites excluding steroid dienone is 1. The number of hydrogen-bond acceptors (Lipinski definition) is 5. The smallest absolute Gasteiger partial charge is 0.433 e. The van der Waals surface area contributed by atoms with Crippen molar-refractivity contribution in [1.82, 2.24) is 0 Å². The normalized spacial score (nSPS) is 15.2. The molecule has 0 N–H and O–H groups in total. The van der Waals surface area contributed by atoms with Crippen LogP contribution in [-0.4, -0.2) is 10.7 Å². The van der Waals surface area contributed by atoms with Crippen molar-refractivity contribution in [2.75, 3.05) is 0 Å². The van der Waals surface area contributed by atoms with Crippen LogP contribution in [0.25, 0.3) is 6.08 Å². The fraction of sp³-hybridized carbons (Fsp3) is 0.0714. The minimum Gasteiger partial charge on any atom is -0.452 e. The van der Waals surface area contributed by atoms with Gasteiger partial charge in [0.05, 0.1) is 11.6 Å². The van der Waals surface area contributed by atoms with Crippen molar-refractivity contribution >= 4 is 17.7 Å². The molecule has 3 rings (SSSR count). The highest BCUT2D eigenvalue weighted by atomic mass is 16.6. The highest BCUT2D eigenvalue weighted by Crippen LogP contribution is 2.32. The second kappa shape index (κ2) is 4.34. The number of carbonyl (C=O) groups is 1. The zero-order chi connectivity index (χ0) is 14.3. The van der Waals surface area contributed by atoms with Gasteiger partial charge < -0.3 is 9.15 Å². The van der Waals surface area contributed by atoms with Crippen molar-refractivity contribution in [3.8, 4) is 5.75 Å². The van der Waals surface area contributed by atoms with Crippen LogP contribution >= 0.6 is 0 Å². The zero-order valence-electron chi connectivity index (χ0n) is 10.5. The number of ketones is 1. The first-order valence-corrected chi connectivity index (χ1v) is 5.84. The van der Waals surface area contributed by atoms with Crippen LogP contribution in [0.15, 0.2) is 40.5 Å². The number of rotatable bonds is 2. The van der Waals surface area contributed by atoms with E-state index in [1.165, 1.54) is 18.2 Å². The summed E-state index contributed by atoms with van der Waals surface area (Å²) < 4.78 is 10.4. The quantitative estimate of drug-likeness (QED) is 0.476. The van der Waals surface area contributed by atoms with E-state index in [4.69, 9.17) is 9.15 Å². The van der Waals surface area contributed by atoms with Gasteiger partial charge in [-0.1, -0.05) is 11.6 Å². The van der Waals surface area contributed by atoms with Gasteiger partial charge in [0.2, 0.25) is 5.78 Å². The molecule has 0 aliphatic carbocycles. The molecule has 20 heavy (non-hydrogen) atoms. The third kappa shape index (κ3) is 1.97. The van der Waals surface area contributed by atoms with E-state index in [1.807, 2.05) is 13.0 Å². The Morgan fingerprint density at radius 3 is 2.75 bits per heavy atom. The van der Waals surface area contributed by atoms with Gasteiger partial charge in [0, 0.05) is 6.08 Å². The van der Waals surface area contributed by atoms with Crippen molar-refractivity contribution in [3.63, 3.8) is 0 Å². The number of Topliss-reactive ketones (excluding diaryl/α,β-unsaturated/α-hetero) is 1. The Morgan fingerprint density at radius 1 is 1.25 bits per heavy atom.